The number of carbonyl (C=O) groups excluding carboxylic acids is 3. The van der Waals surface area contributed by atoms with Crippen molar-refractivity contribution in [3.05, 3.63) is 54.4 Å². The van der Waals surface area contributed by atoms with Crippen LogP contribution in [-0.2, 0) is 9.59 Å². The van der Waals surface area contributed by atoms with Crippen molar-refractivity contribution in [3.8, 4) is 5.75 Å². The van der Waals surface area contributed by atoms with Crippen molar-refractivity contribution in [1.82, 2.24) is 15.2 Å². The molecular formula is C22H26N4O4. The van der Waals surface area contributed by atoms with Gasteiger partial charge in [-0.3, -0.25) is 19.4 Å². The highest BCUT2D eigenvalue weighted by atomic mass is 16.5. The van der Waals surface area contributed by atoms with Crippen LogP contribution in [0.5, 0.6) is 5.75 Å². The van der Waals surface area contributed by atoms with Crippen LogP contribution in [0.1, 0.15) is 36.5 Å². The van der Waals surface area contributed by atoms with Gasteiger partial charge in [-0.15, -0.1) is 0 Å². The monoisotopic (exact) mass is 410 g/mol. The first kappa shape index (κ1) is 21.3. The van der Waals surface area contributed by atoms with Crippen molar-refractivity contribution in [1.29, 1.82) is 0 Å². The van der Waals surface area contributed by atoms with Crippen LogP contribution in [0.3, 0.4) is 0 Å². The molecule has 1 aromatic heterocycles. The summed E-state index contributed by atoms with van der Waals surface area (Å²) in [7, 11) is 0. The summed E-state index contributed by atoms with van der Waals surface area (Å²) in [5, 5.41) is 5.50. The number of carbonyl (C=O) groups is 3. The van der Waals surface area contributed by atoms with Gasteiger partial charge in [0.15, 0.2) is 0 Å². The van der Waals surface area contributed by atoms with Crippen LogP contribution in [0, 0.1) is 0 Å². The smallest absolute Gasteiger partial charge is 0.258 e. The van der Waals surface area contributed by atoms with Gasteiger partial charge in [-0.25, -0.2) is 0 Å². The van der Waals surface area contributed by atoms with Crippen molar-refractivity contribution in [3.63, 3.8) is 0 Å². The predicted octanol–water partition coefficient (Wildman–Crippen LogP) is 2.23. The molecule has 2 aromatic rings. The van der Waals surface area contributed by atoms with E-state index in [2.05, 4.69) is 15.6 Å². The molecule has 8 heteroatoms. The number of likely N-dealkylation sites (tertiary alicyclic amines) is 1. The lowest BCUT2D eigenvalue weighted by molar-refractivity contribution is -0.125. The zero-order chi connectivity index (χ0) is 21.3. The number of hydrogen-bond donors (Lipinski definition) is 2. The first-order valence-corrected chi connectivity index (χ1v) is 10.1. The van der Waals surface area contributed by atoms with Gasteiger partial charge in [0.05, 0.1) is 24.1 Å². The van der Waals surface area contributed by atoms with E-state index in [9.17, 15) is 14.4 Å². The van der Waals surface area contributed by atoms with E-state index in [4.69, 9.17) is 4.74 Å². The maximum absolute atomic E-state index is 13.0. The summed E-state index contributed by atoms with van der Waals surface area (Å²) in [6.45, 7) is 3.02. The fourth-order valence-corrected chi connectivity index (χ4v) is 3.44. The number of pyridine rings is 1. The first-order chi connectivity index (χ1) is 14.6. The number of benzene rings is 1. The Kier molecular flexibility index (Phi) is 7.37. The number of rotatable bonds is 8. The van der Waals surface area contributed by atoms with Gasteiger partial charge >= 0.3 is 0 Å². The quantitative estimate of drug-likeness (QED) is 0.695. The molecule has 0 aliphatic carbocycles. The summed E-state index contributed by atoms with van der Waals surface area (Å²) in [5.41, 5.74) is 1.06. The van der Waals surface area contributed by atoms with Crippen LogP contribution in [0.25, 0.3) is 0 Å². The Hall–Kier alpha value is -3.42. The van der Waals surface area contributed by atoms with Gasteiger partial charge in [0.2, 0.25) is 11.8 Å². The second-order valence-electron chi connectivity index (χ2n) is 6.92. The molecule has 2 N–H and O–H groups in total. The molecule has 1 aliphatic rings. The molecule has 0 bridgehead atoms. The van der Waals surface area contributed by atoms with E-state index in [-0.39, 0.29) is 30.7 Å². The SMILES string of the molecule is CCOc1ccccc1C(=O)N1CCCC1C(=O)NCCC(=O)Nc1cccnc1. The minimum Gasteiger partial charge on any atom is -0.493 e. The predicted molar refractivity (Wildman–Crippen MR) is 112 cm³/mol. The second-order valence-corrected chi connectivity index (χ2v) is 6.92. The molecule has 2 heterocycles. The Balaban J connectivity index is 1.54. The largest absolute Gasteiger partial charge is 0.493 e. The average molecular weight is 410 g/mol. The third-order valence-electron chi connectivity index (χ3n) is 4.83. The van der Waals surface area contributed by atoms with Gasteiger partial charge in [0, 0.05) is 25.7 Å². The Morgan fingerprint density at radius 1 is 1.20 bits per heavy atom. The number of amides is 3. The molecule has 1 unspecified atom stereocenters. The fourth-order valence-electron chi connectivity index (χ4n) is 3.44. The third kappa shape index (κ3) is 5.34. The fraction of sp³-hybridized carbons (Fsp3) is 0.364. The number of nitrogens with one attached hydrogen (secondary N) is 2. The van der Waals surface area contributed by atoms with Crippen LogP contribution in [0.15, 0.2) is 48.8 Å². The Morgan fingerprint density at radius 2 is 2.03 bits per heavy atom. The summed E-state index contributed by atoms with van der Waals surface area (Å²) in [4.78, 5) is 43.2. The van der Waals surface area contributed by atoms with Crippen molar-refractivity contribution in [2.45, 2.75) is 32.2 Å². The van der Waals surface area contributed by atoms with Crippen LogP contribution in [0.2, 0.25) is 0 Å². The van der Waals surface area contributed by atoms with E-state index in [1.165, 1.54) is 0 Å². The summed E-state index contributed by atoms with van der Waals surface area (Å²) >= 11 is 0. The molecule has 0 saturated carbocycles. The normalized spacial score (nSPS) is 15.5. The maximum Gasteiger partial charge on any atom is 0.258 e. The molecule has 3 amide bonds. The molecule has 1 aliphatic heterocycles. The van der Waals surface area contributed by atoms with Crippen LogP contribution in [-0.4, -0.2) is 53.3 Å². The van der Waals surface area contributed by atoms with Gasteiger partial charge in [0.1, 0.15) is 11.8 Å². The maximum atomic E-state index is 13.0. The summed E-state index contributed by atoms with van der Waals surface area (Å²) in [5.74, 6) is -0.161. The van der Waals surface area contributed by atoms with Crippen molar-refractivity contribution < 1.29 is 19.1 Å². The highest BCUT2D eigenvalue weighted by molar-refractivity contribution is 6.00. The number of ether oxygens (including phenoxy) is 1. The lowest BCUT2D eigenvalue weighted by Crippen LogP contribution is -2.46. The standard InChI is InChI=1S/C22H26N4O4/c1-2-30-19-10-4-3-8-17(19)22(29)26-14-6-9-18(26)21(28)24-13-11-20(27)25-16-7-5-12-23-15-16/h3-5,7-8,10,12,15,18H,2,6,9,11,13-14H2,1H3,(H,24,28)(H,25,27). The molecule has 158 valence electrons. The third-order valence-corrected chi connectivity index (χ3v) is 4.83. The average Bonchev–Trinajstić information content (AvgIpc) is 3.24. The van der Waals surface area contributed by atoms with Crippen molar-refractivity contribution in [2.24, 2.45) is 0 Å². The molecule has 1 saturated heterocycles. The minimum absolute atomic E-state index is 0.133. The minimum atomic E-state index is -0.548. The van der Waals surface area contributed by atoms with Gasteiger partial charge in [-0.1, -0.05) is 12.1 Å². The molecule has 3 rings (SSSR count). The lowest BCUT2D eigenvalue weighted by Gasteiger charge is -2.25. The second kappa shape index (κ2) is 10.4. The Bertz CT molecular complexity index is 888. The molecule has 1 aromatic carbocycles. The zero-order valence-electron chi connectivity index (χ0n) is 17.0. The van der Waals surface area contributed by atoms with Gasteiger partial charge < -0.3 is 20.3 Å². The van der Waals surface area contributed by atoms with E-state index in [1.54, 1.807) is 47.6 Å². The topological polar surface area (TPSA) is 101 Å². The van der Waals surface area contributed by atoms with E-state index < -0.39 is 6.04 Å². The Morgan fingerprint density at radius 3 is 2.80 bits per heavy atom. The zero-order valence-corrected chi connectivity index (χ0v) is 17.0. The number of aromatic nitrogens is 1. The molecule has 1 fully saturated rings. The van der Waals surface area contributed by atoms with E-state index in [1.807, 2.05) is 13.0 Å². The summed E-state index contributed by atoms with van der Waals surface area (Å²) < 4.78 is 5.56. The highest BCUT2D eigenvalue weighted by Gasteiger charge is 2.35. The summed E-state index contributed by atoms with van der Waals surface area (Å²) in [6, 6.07) is 9.98. The molecular weight excluding hydrogens is 384 g/mol. The first-order valence-electron chi connectivity index (χ1n) is 10.1. The highest BCUT2D eigenvalue weighted by Crippen LogP contribution is 2.25. The van der Waals surface area contributed by atoms with Gasteiger partial charge in [-0.2, -0.15) is 0 Å². The van der Waals surface area contributed by atoms with Crippen LogP contribution >= 0.6 is 0 Å². The van der Waals surface area contributed by atoms with E-state index in [0.717, 1.165) is 6.42 Å². The van der Waals surface area contributed by atoms with Gasteiger partial charge in [0.25, 0.3) is 5.91 Å². The number of nitrogens with zero attached hydrogens (tertiary/aromatic N) is 2. The van der Waals surface area contributed by atoms with Crippen molar-refractivity contribution >= 4 is 23.4 Å². The molecule has 0 radical (unpaired) electrons. The lowest BCUT2D eigenvalue weighted by atomic mass is 10.1. The molecule has 1 atom stereocenters. The summed E-state index contributed by atoms with van der Waals surface area (Å²) in [6.07, 6.45) is 4.66. The van der Waals surface area contributed by atoms with Gasteiger partial charge in [-0.05, 0) is 44.0 Å². The Labute approximate surface area is 175 Å². The van der Waals surface area contributed by atoms with Crippen LogP contribution < -0.4 is 15.4 Å². The number of para-hydroxylation sites is 1. The van der Waals surface area contributed by atoms with E-state index >= 15 is 0 Å². The van der Waals surface area contributed by atoms with Crippen LogP contribution in [0.4, 0.5) is 5.69 Å². The molecule has 8 nitrogen and oxygen atoms in total. The number of anilines is 1. The van der Waals surface area contributed by atoms with E-state index in [0.29, 0.717) is 36.6 Å². The molecule has 0 spiro atoms. The van der Waals surface area contributed by atoms with Crippen molar-refractivity contribution in [2.75, 3.05) is 25.0 Å². The molecule has 30 heavy (non-hydrogen) atoms. The number of hydrogen-bond acceptors (Lipinski definition) is 5.